The first-order valence-electron chi connectivity index (χ1n) is 5.93. The van der Waals surface area contributed by atoms with Crippen molar-refractivity contribution in [2.75, 3.05) is 13.1 Å². The van der Waals surface area contributed by atoms with E-state index in [4.69, 9.17) is 0 Å². The van der Waals surface area contributed by atoms with Crippen molar-refractivity contribution in [3.8, 4) is 0 Å². The molecular formula is C12H13N3O2S. The number of carbonyl (C=O) groups is 1. The maximum absolute atomic E-state index is 12.3. The smallest absolute Gasteiger partial charge is 0.271 e. The molecule has 0 aliphatic carbocycles. The lowest BCUT2D eigenvalue weighted by molar-refractivity contribution is 0.0790. The Morgan fingerprint density at radius 3 is 2.83 bits per heavy atom. The monoisotopic (exact) mass is 263 g/mol. The number of amides is 1. The second-order valence-corrected chi connectivity index (χ2v) is 5.31. The molecule has 0 atom stereocenters. The maximum atomic E-state index is 12.3. The summed E-state index contributed by atoms with van der Waals surface area (Å²) in [6.07, 6.45) is 3.44. The second-order valence-electron chi connectivity index (χ2n) is 4.47. The molecule has 1 saturated heterocycles. The molecule has 1 aliphatic heterocycles. The van der Waals surface area contributed by atoms with Crippen molar-refractivity contribution in [1.29, 1.82) is 0 Å². The van der Waals surface area contributed by atoms with Gasteiger partial charge in [0, 0.05) is 30.4 Å². The van der Waals surface area contributed by atoms with Gasteiger partial charge in [-0.05, 0) is 19.8 Å². The average molecular weight is 263 g/mol. The number of carbonyl (C=O) groups excluding carboxylic acids is 1. The zero-order chi connectivity index (χ0) is 12.7. The summed E-state index contributed by atoms with van der Waals surface area (Å²) in [7, 11) is 0. The van der Waals surface area contributed by atoms with Gasteiger partial charge in [-0.1, -0.05) is 0 Å². The van der Waals surface area contributed by atoms with E-state index in [9.17, 15) is 9.59 Å². The van der Waals surface area contributed by atoms with Gasteiger partial charge in [-0.15, -0.1) is 11.3 Å². The van der Waals surface area contributed by atoms with E-state index >= 15 is 0 Å². The van der Waals surface area contributed by atoms with Crippen molar-refractivity contribution in [3.05, 3.63) is 33.2 Å². The van der Waals surface area contributed by atoms with Crippen LogP contribution in [0.25, 0.3) is 4.96 Å². The molecule has 18 heavy (non-hydrogen) atoms. The third kappa shape index (κ3) is 1.64. The molecule has 0 spiro atoms. The summed E-state index contributed by atoms with van der Waals surface area (Å²) >= 11 is 1.41. The highest BCUT2D eigenvalue weighted by Crippen LogP contribution is 2.14. The van der Waals surface area contributed by atoms with E-state index in [0.717, 1.165) is 31.6 Å². The number of rotatable bonds is 1. The number of aromatic nitrogens is 2. The third-order valence-electron chi connectivity index (χ3n) is 3.24. The van der Waals surface area contributed by atoms with Gasteiger partial charge in [-0.25, -0.2) is 4.98 Å². The summed E-state index contributed by atoms with van der Waals surface area (Å²) in [5.74, 6) is -0.190. The van der Waals surface area contributed by atoms with Crippen LogP contribution in [0, 0.1) is 6.92 Å². The summed E-state index contributed by atoms with van der Waals surface area (Å²) in [5.41, 5.74) is 0.745. The zero-order valence-corrected chi connectivity index (χ0v) is 10.9. The fourth-order valence-electron chi connectivity index (χ4n) is 2.26. The number of nitrogens with zero attached hydrogens (tertiary/aromatic N) is 3. The van der Waals surface area contributed by atoms with Crippen LogP contribution in [0.3, 0.4) is 0 Å². The quantitative estimate of drug-likeness (QED) is 0.779. The van der Waals surface area contributed by atoms with Crippen LogP contribution >= 0.6 is 11.3 Å². The standard InChI is InChI=1S/C12H13N3O2S/c1-8-7-18-12-13-6-9(11(17)15(8)12)10(16)14-4-2-3-5-14/h6-7H,2-5H2,1H3. The van der Waals surface area contributed by atoms with E-state index in [2.05, 4.69) is 4.98 Å². The van der Waals surface area contributed by atoms with E-state index in [1.54, 1.807) is 4.90 Å². The number of hydrogen-bond acceptors (Lipinski definition) is 4. The fraction of sp³-hybridized carbons (Fsp3) is 0.417. The molecule has 5 nitrogen and oxygen atoms in total. The van der Waals surface area contributed by atoms with Crippen LogP contribution in [0.4, 0.5) is 0 Å². The predicted molar refractivity (Wildman–Crippen MR) is 69.2 cm³/mol. The minimum atomic E-state index is -0.254. The van der Waals surface area contributed by atoms with Gasteiger partial charge in [0.05, 0.1) is 0 Å². The molecule has 0 saturated carbocycles. The molecule has 2 aromatic heterocycles. The van der Waals surface area contributed by atoms with Gasteiger partial charge in [0.1, 0.15) is 5.56 Å². The topological polar surface area (TPSA) is 54.7 Å². The Bertz CT molecular complexity index is 668. The van der Waals surface area contributed by atoms with Gasteiger partial charge < -0.3 is 4.90 Å². The van der Waals surface area contributed by atoms with Crippen LogP contribution in [0.5, 0.6) is 0 Å². The Hall–Kier alpha value is -1.69. The summed E-state index contributed by atoms with van der Waals surface area (Å²) < 4.78 is 1.51. The Morgan fingerprint density at radius 2 is 2.11 bits per heavy atom. The van der Waals surface area contributed by atoms with Crippen LogP contribution in [0.2, 0.25) is 0 Å². The number of thiazole rings is 1. The summed E-state index contributed by atoms with van der Waals surface area (Å²) in [6, 6.07) is 0. The number of aryl methyl sites for hydroxylation is 1. The Morgan fingerprint density at radius 1 is 1.39 bits per heavy atom. The van der Waals surface area contributed by atoms with Crippen molar-refractivity contribution >= 4 is 22.2 Å². The van der Waals surface area contributed by atoms with Crippen molar-refractivity contribution in [3.63, 3.8) is 0 Å². The fourth-order valence-corrected chi connectivity index (χ4v) is 3.09. The minimum Gasteiger partial charge on any atom is -0.338 e. The Balaban J connectivity index is 2.12. The molecule has 0 bridgehead atoms. The highest BCUT2D eigenvalue weighted by molar-refractivity contribution is 7.15. The summed E-state index contributed by atoms with van der Waals surface area (Å²) in [4.78, 5) is 31.1. The first-order valence-corrected chi connectivity index (χ1v) is 6.81. The third-order valence-corrected chi connectivity index (χ3v) is 4.20. The summed E-state index contributed by atoms with van der Waals surface area (Å²) in [6.45, 7) is 3.32. The second kappa shape index (κ2) is 4.20. The predicted octanol–water partition coefficient (Wildman–Crippen LogP) is 1.30. The van der Waals surface area contributed by atoms with Crippen LogP contribution in [-0.2, 0) is 0 Å². The van der Waals surface area contributed by atoms with Gasteiger partial charge in [-0.3, -0.25) is 14.0 Å². The molecule has 0 radical (unpaired) electrons. The Labute approximate surface area is 108 Å². The molecule has 3 heterocycles. The molecular weight excluding hydrogens is 250 g/mol. The molecule has 6 heteroatoms. The molecule has 0 aromatic carbocycles. The molecule has 0 unspecified atom stereocenters. The number of likely N-dealkylation sites (tertiary alicyclic amines) is 1. The average Bonchev–Trinajstić information content (AvgIpc) is 2.99. The van der Waals surface area contributed by atoms with E-state index in [-0.39, 0.29) is 17.0 Å². The normalized spacial score (nSPS) is 15.5. The van der Waals surface area contributed by atoms with E-state index in [0.29, 0.717) is 4.96 Å². The van der Waals surface area contributed by atoms with Crippen LogP contribution in [0.1, 0.15) is 28.9 Å². The molecule has 94 valence electrons. The highest BCUT2D eigenvalue weighted by atomic mass is 32.1. The lowest BCUT2D eigenvalue weighted by Crippen LogP contribution is -2.33. The van der Waals surface area contributed by atoms with Gasteiger partial charge in [0.25, 0.3) is 11.5 Å². The van der Waals surface area contributed by atoms with Crippen LogP contribution < -0.4 is 5.56 Å². The molecule has 1 aliphatic rings. The van der Waals surface area contributed by atoms with Crippen molar-refractivity contribution in [2.45, 2.75) is 19.8 Å². The van der Waals surface area contributed by atoms with E-state index < -0.39 is 0 Å². The number of hydrogen-bond donors (Lipinski definition) is 0. The van der Waals surface area contributed by atoms with Crippen molar-refractivity contribution in [1.82, 2.24) is 14.3 Å². The minimum absolute atomic E-state index is 0.177. The molecule has 1 amide bonds. The first kappa shape index (κ1) is 11.4. The van der Waals surface area contributed by atoms with Crippen LogP contribution in [-0.4, -0.2) is 33.3 Å². The van der Waals surface area contributed by atoms with E-state index in [1.807, 2.05) is 12.3 Å². The van der Waals surface area contributed by atoms with Crippen LogP contribution in [0.15, 0.2) is 16.4 Å². The molecule has 0 N–H and O–H groups in total. The number of fused-ring (bicyclic) bond motifs is 1. The lowest BCUT2D eigenvalue weighted by atomic mass is 10.3. The van der Waals surface area contributed by atoms with Gasteiger partial charge in [0.15, 0.2) is 4.96 Å². The lowest BCUT2D eigenvalue weighted by Gasteiger charge is -2.14. The molecule has 2 aromatic rings. The summed E-state index contributed by atoms with van der Waals surface area (Å²) in [5, 5.41) is 1.87. The maximum Gasteiger partial charge on any atom is 0.271 e. The van der Waals surface area contributed by atoms with Crippen molar-refractivity contribution < 1.29 is 4.79 Å². The van der Waals surface area contributed by atoms with Gasteiger partial charge in [0.2, 0.25) is 0 Å². The van der Waals surface area contributed by atoms with Crippen molar-refractivity contribution in [2.24, 2.45) is 0 Å². The highest BCUT2D eigenvalue weighted by Gasteiger charge is 2.23. The Kier molecular flexibility index (Phi) is 2.66. The van der Waals surface area contributed by atoms with Gasteiger partial charge >= 0.3 is 0 Å². The first-order chi connectivity index (χ1) is 8.68. The van der Waals surface area contributed by atoms with E-state index in [1.165, 1.54) is 21.9 Å². The SMILES string of the molecule is Cc1csc2ncc(C(=O)N3CCCC3)c(=O)n12. The molecule has 3 rings (SSSR count). The molecule has 1 fully saturated rings. The zero-order valence-electron chi connectivity index (χ0n) is 10.0. The van der Waals surface area contributed by atoms with Gasteiger partial charge in [-0.2, -0.15) is 0 Å². The largest absolute Gasteiger partial charge is 0.338 e.